The van der Waals surface area contributed by atoms with Gasteiger partial charge in [-0.25, -0.2) is 0 Å². The van der Waals surface area contributed by atoms with Gasteiger partial charge in [0.25, 0.3) is 0 Å². The summed E-state index contributed by atoms with van der Waals surface area (Å²) in [6, 6.07) is 4.01. The SMILES string of the molecule is NCCc1ccc(OC2CCCCC2)cn1. The maximum atomic E-state index is 5.89. The van der Waals surface area contributed by atoms with Gasteiger partial charge in [0.05, 0.1) is 12.3 Å². The second-order valence-corrected chi connectivity index (χ2v) is 4.40. The fourth-order valence-corrected chi connectivity index (χ4v) is 2.15. The summed E-state index contributed by atoms with van der Waals surface area (Å²) in [4.78, 5) is 4.33. The van der Waals surface area contributed by atoms with E-state index in [0.717, 1.165) is 17.9 Å². The standard InChI is InChI=1S/C13H20N2O/c14-9-8-11-6-7-13(10-15-11)16-12-4-2-1-3-5-12/h6-7,10,12H,1-5,8-9,14H2. The molecule has 2 rings (SSSR count). The number of hydrogen-bond donors (Lipinski definition) is 1. The number of nitrogens with two attached hydrogens (primary N) is 1. The van der Waals surface area contributed by atoms with Crippen LogP contribution in [0.5, 0.6) is 5.75 Å². The van der Waals surface area contributed by atoms with E-state index in [2.05, 4.69) is 4.98 Å². The van der Waals surface area contributed by atoms with Gasteiger partial charge in [0.15, 0.2) is 0 Å². The van der Waals surface area contributed by atoms with Crippen molar-refractivity contribution in [2.75, 3.05) is 6.54 Å². The van der Waals surface area contributed by atoms with E-state index in [4.69, 9.17) is 10.5 Å². The lowest BCUT2D eigenvalue weighted by Gasteiger charge is -2.22. The van der Waals surface area contributed by atoms with Crippen molar-refractivity contribution in [2.45, 2.75) is 44.6 Å². The van der Waals surface area contributed by atoms with Crippen molar-refractivity contribution in [3.8, 4) is 5.75 Å². The molecule has 1 aromatic heterocycles. The Kier molecular flexibility index (Phi) is 4.17. The molecule has 1 saturated carbocycles. The highest BCUT2D eigenvalue weighted by molar-refractivity contribution is 5.20. The van der Waals surface area contributed by atoms with Crippen LogP contribution in [0.2, 0.25) is 0 Å². The summed E-state index contributed by atoms with van der Waals surface area (Å²) in [5.74, 6) is 0.896. The number of hydrogen-bond acceptors (Lipinski definition) is 3. The van der Waals surface area contributed by atoms with Gasteiger partial charge in [-0.1, -0.05) is 6.42 Å². The van der Waals surface area contributed by atoms with Crippen LogP contribution >= 0.6 is 0 Å². The molecule has 1 aliphatic rings. The summed E-state index contributed by atoms with van der Waals surface area (Å²) >= 11 is 0. The highest BCUT2D eigenvalue weighted by Crippen LogP contribution is 2.22. The fourth-order valence-electron chi connectivity index (χ4n) is 2.15. The maximum absolute atomic E-state index is 5.89. The Balaban J connectivity index is 1.88. The van der Waals surface area contributed by atoms with Gasteiger partial charge < -0.3 is 10.5 Å². The first kappa shape index (κ1) is 11.4. The van der Waals surface area contributed by atoms with Gasteiger partial charge in [-0.05, 0) is 44.4 Å². The molecule has 0 saturated heterocycles. The number of ether oxygens (including phenoxy) is 1. The largest absolute Gasteiger partial charge is 0.489 e. The molecule has 2 N–H and O–H groups in total. The molecule has 0 radical (unpaired) electrons. The van der Waals surface area contributed by atoms with Crippen molar-refractivity contribution in [2.24, 2.45) is 5.73 Å². The highest BCUT2D eigenvalue weighted by Gasteiger charge is 2.14. The Morgan fingerprint density at radius 3 is 2.69 bits per heavy atom. The third-order valence-electron chi connectivity index (χ3n) is 3.05. The predicted octanol–water partition coefficient (Wildman–Crippen LogP) is 2.29. The first-order valence-corrected chi connectivity index (χ1v) is 6.20. The first-order valence-electron chi connectivity index (χ1n) is 6.20. The number of rotatable bonds is 4. The molecule has 0 bridgehead atoms. The summed E-state index contributed by atoms with van der Waals surface area (Å²) in [6.45, 7) is 0.649. The van der Waals surface area contributed by atoms with E-state index < -0.39 is 0 Å². The lowest BCUT2D eigenvalue weighted by Crippen LogP contribution is -2.19. The van der Waals surface area contributed by atoms with Crippen LogP contribution in [0.3, 0.4) is 0 Å². The first-order chi connectivity index (χ1) is 7.88. The lowest BCUT2D eigenvalue weighted by atomic mass is 9.98. The molecule has 0 atom stereocenters. The van der Waals surface area contributed by atoms with E-state index in [9.17, 15) is 0 Å². The minimum absolute atomic E-state index is 0.399. The van der Waals surface area contributed by atoms with Crippen molar-refractivity contribution < 1.29 is 4.74 Å². The molecule has 3 heteroatoms. The Hall–Kier alpha value is -1.09. The molecular weight excluding hydrogens is 200 g/mol. The molecule has 0 aromatic carbocycles. The summed E-state index contributed by atoms with van der Waals surface area (Å²) in [7, 11) is 0. The molecule has 16 heavy (non-hydrogen) atoms. The average molecular weight is 220 g/mol. The third kappa shape index (κ3) is 3.20. The van der Waals surface area contributed by atoms with Crippen LogP contribution in [0.15, 0.2) is 18.3 Å². The van der Waals surface area contributed by atoms with Crippen molar-refractivity contribution >= 4 is 0 Å². The minimum atomic E-state index is 0.399. The second kappa shape index (κ2) is 5.85. The molecule has 1 fully saturated rings. The van der Waals surface area contributed by atoms with E-state index >= 15 is 0 Å². The van der Waals surface area contributed by atoms with Gasteiger partial charge >= 0.3 is 0 Å². The van der Waals surface area contributed by atoms with Crippen LogP contribution in [-0.4, -0.2) is 17.6 Å². The molecule has 0 amide bonds. The molecule has 1 aliphatic carbocycles. The van der Waals surface area contributed by atoms with Gasteiger partial charge in [-0.15, -0.1) is 0 Å². The number of pyridine rings is 1. The molecule has 0 spiro atoms. The second-order valence-electron chi connectivity index (χ2n) is 4.40. The fraction of sp³-hybridized carbons (Fsp3) is 0.615. The molecule has 0 unspecified atom stereocenters. The van der Waals surface area contributed by atoms with Crippen LogP contribution < -0.4 is 10.5 Å². The van der Waals surface area contributed by atoms with Crippen LogP contribution in [0.25, 0.3) is 0 Å². The monoisotopic (exact) mass is 220 g/mol. The van der Waals surface area contributed by atoms with Gasteiger partial charge in [0.1, 0.15) is 5.75 Å². The molecule has 1 aromatic rings. The topological polar surface area (TPSA) is 48.1 Å². The van der Waals surface area contributed by atoms with Gasteiger partial charge in [0.2, 0.25) is 0 Å². The zero-order valence-electron chi connectivity index (χ0n) is 9.69. The van der Waals surface area contributed by atoms with Crippen molar-refractivity contribution in [3.63, 3.8) is 0 Å². The molecule has 0 aliphatic heterocycles. The van der Waals surface area contributed by atoms with Crippen LogP contribution in [0.1, 0.15) is 37.8 Å². The zero-order valence-corrected chi connectivity index (χ0v) is 9.69. The maximum Gasteiger partial charge on any atom is 0.138 e. The van der Waals surface area contributed by atoms with Crippen molar-refractivity contribution in [3.05, 3.63) is 24.0 Å². The highest BCUT2D eigenvalue weighted by atomic mass is 16.5. The van der Waals surface area contributed by atoms with E-state index in [0.29, 0.717) is 12.6 Å². The van der Waals surface area contributed by atoms with Gasteiger partial charge in [-0.3, -0.25) is 4.98 Å². The van der Waals surface area contributed by atoms with Gasteiger partial charge in [0, 0.05) is 12.1 Å². The van der Waals surface area contributed by atoms with Crippen molar-refractivity contribution in [1.29, 1.82) is 0 Å². The average Bonchev–Trinajstić information content (AvgIpc) is 2.33. The summed E-state index contributed by atoms with van der Waals surface area (Å²) in [5, 5.41) is 0. The summed E-state index contributed by atoms with van der Waals surface area (Å²) < 4.78 is 5.89. The number of nitrogens with zero attached hydrogens (tertiary/aromatic N) is 1. The van der Waals surface area contributed by atoms with E-state index in [1.807, 2.05) is 18.3 Å². The Morgan fingerprint density at radius 2 is 2.06 bits per heavy atom. The van der Waals surface area contributed by atoms with Gasteiger partial charge in [-0.2, -0.15) is 0 Å². The van der Waals surface area contributed by atoms with E-state index in [-0.39, 0.29) is 0 Å². The van der Waals surface area contributed by atoms with Crippen LogP contribution in [0.4, 0.5) is 0 Å². The minimum Gasteiger partial charge on any atom is -0.489 e. The smallest absolute Gasteiger partial charge is 0.138 e. The number of aromatic nitrogens is 1. The van der Waals surface area contributed by atoms with E-state index in [1.54, 1.807) is 0 Å². The molecule has 3 nitrogen and oxygen atoms in total. The van der Waals surface area contributed by atoms with Crippen LogP contribution in [0, 0.1) is 0 Å². The Morgan fingerprint density at radius 1 is 1.25 bits per heavy atom. The molecule has 88 valence electrons. The summed E-state index contributed by atoms with van der Waals surface area (Å²) in [5.41, 5.74) is 6.52. The normalized spacial score (nSPS) is 17.3. The predicted molar refractivity (Wildman–Crippen MR) is 64.5 cm³/mol. The Labute approximate surface area is 97.0 Å². The van der Waals surface area contributed by atoms with E-state index in [1.165, 1.54) is 32.1 Å². The van der Waals surface area contributed by atoms with Crippen LogP contribution in [-0.2, 0) is 6.42 Å². The summed E-state index contributed by atoms with van der Waals surface area (Å²) in [6.07, 6.45) is 9.37. The zero-order chi connectivity index (χ0) is 11.2. The van der Waals surface area contributed by atoms with Crippen molar-refractivity contribution in [1.82, 2.24) is 4.98 Å². The quantitative estimate of drug-likeness (QED) is 0.847. The Bertz CT molecular complexity index is 304. The third-order valence-corrected chi connectivity index (χ3v) is 3.05. The lowest BCUT2D eigenvalue weighted by molar-refractivity contribution is 0.154. The molecule has 1 heterocycles. The molecular formula is C13H20N2O.